The molecule has 0 fully saturated rings. The van der Waals surface area contributed by atoms with Gasteiger partial charge in [0, 0.05) is 12.6 Å². The maximum atomic E-state index is 10.8. The number of nitrogens with zero attached hydrogens (tertiary/aromatic N) is 3. The van der Waals surface area contributed by atoms with Crippen LogP contribution >= 0.6 is 12.4 Å². The number of halogens is 1. The van der Waals surface area contributed by atoms with Crippen molar-refractivity contribution >= 4 is 29.1 Å². The van der Waals surface area contributed by atoms with Crippen LogP contribution in [-0.2, 0) is 6.54 Å². The molecular formula is C18H20ClN3O3. The summed E-state index contributed by atoms with van der Waals surface area (Å²) in [5.41, 5.74) is 4.64. The minimum atomic E-state index is -0.422. The van der Waals surface area contributed by atoms with Crippen LogP contribution in [0.15, 0.2) is 42.7 Å². The number of rotatable bonds is 6. The first-order chi connectivity index (χ1) is 11.5. The van der Waals surface area contributed by atoms with Crippen molar-refractivity contribution in [2.45, 2.75) is 26.8 Å². The van der Waals surface area contributed by atoms with Gasteiger partial charge in [-0.05, 0) is 49.6 Å². The molecule has 2 aromatic carbocycles. The molecule has 25 heavy (non-hydrogen) atoms. The van der Waals surface area contributed by atoms with Crippen LogP contribution in [0, 0.1) is 24.0 Å². The first kappa shape index (κ1) is 18.7. The zero-order valence-electron chi connectivity index (χ0n) is 14.1. The van der Waals surface area contributed by atoms with E-state index in [-0.39, 0.29) is 18.1 Å². The lowest BCUT2D eigenvalue weighted by Crippen LogP contribution is -2.04. The van der Waals surface area contributed by atoms with Gasteiger partial charge in [0.2, 0.25) is 0 Å². The van der Waals surface area contributed by atoms with Crippen molar-refractivity contribution in [3.8, 4) is 5.75 Å². The van der Waals surface area contributed by atoms with E-state index in [4.69, 9.17) is 4.74 Å². The molecule has 1 aromatic heterocycles. The van der Waals surface area contributed by atoms with E-state index in [1.807, 2.05) is 6.33 Å². The standard InChI is InChI=1S/C18H19N3O3.ClH/c1-13-9-17-18(10-14(13)2)20(12-19-17)7-4-8-24-16-6-3-5-15(11-16)21(22)23;/h3,5-6,9-12H,4,7-8H2,1-2H3;1H. The fourth-order valence-corrected chi connectivity index (χ4v) is 2.60. The minimum absolute atomic E-state index is 0. The van der Waals surface area contributed by atoms with Crippen molar-refractivity contribution in [2.75, 3.05) is 6.61 Å². The monoisotopic (exact) mass is 361 g/mol. The molecule has 0 unspecified atom stereocenters. The van der Waals surface area contributed by atoms with Crippen LogP contribution < -0.4 is 4.74 Å². The molecule has 0 aliphatic carbocycles. The maximum absolute atomic E-state index is 10.8. The molecule has 0 N–H and O–H groups in total. The number of benzene rings is 2. The van der Waals surface area contributed by atoms with Gasteiger partial charge in [-0.2, -0.15) is 0 Å². The molecule has 7 heteroatoms. The molecule has 3 rings (SSSR count). The van der Waals surface area contributed by atoms with Gasteiger partial charge in [-0.1, -0.05) is 6.07 Å². The van der Waals surface area contributed by atoms with E-state index in [9.17, 15) is 10.1 Å². The number of non-ortho nitro benzene ring substituents is 1. The third kappa shape index (κ3) is 4.28. The van der Waals surface area contributed by atoms with E-state index in [1.54, 1.807) is 12.1 Å². The Morgan fingerprint density at radius 3 is 2.72 bits per heavy atom. The second-order valence-corrected chi connectivity index (χ2v) is 5.82. The summed E-state index contributed by atoms with van der Waals surface area (Å²) in [6.07, 6.45) is 2.64. The maximum Gasteiger partial charge on any atom is 0.273 e. The fourth-order valence-electron chi connectivity index (χ4n) is 2.60. The smallest absolute Gasteiger partial charge is 0.273 e. The van der Waals surface area contributed by atoms with Crippen molar-refractivity contribution in [3.63, 3.8) is 0 Å². The van der Waals surface area contributed by atoms with E-state index in [2.05, 4.69) is 35.5 Å². The van der Waals surface area contributed by atoms with Gasteiger partial charge in [-0.3, -0.25) is 10.1 Å². The first-order valence-corrected chi connectivity index (χ1v) is 7.84. The van der Waals surface area contributed by atoms with E-state index in [0.717, 1.165) is 24.0 Å². The largest absolute Gasteiger partial charge is 0.493 e. The molecule has 1 heterocycles. The summed E-state index contributed by atoms with van der Waals surface area (Å²) in [4.78, 5) is 14.8. The molecule has 3 aromatic rings. The van der Waals surface area contributed by atoms with Gasteiger partial charge < -0.3 is 9.30 Å². The summed E-state index contributed by atoms with van der Waals surface area (Å²) in [6, 6.07) is 10.5. The molecule has 0 radical (unpaired) electrons. The number of nitro groups is 1. The molecule has 132 valence electrons. The molecule has 6 nitrogen and oxygen atoms in total. The van der Waals surface area contributed by atoms with E-state index in [1.165, 1.54) is 23.3 Å². The minimum Gasteiger partial charge on any atom is -0.493 e. The van der Waals surface area contributed by atoms with Crippen molar-refractivity contribution < 1.29 is 9.66 Å². The lowest BCUT2D eigenvalue weighted by Gasteiger charge is -2.08. The normalized spacial score (nSPS) is 10.5. The Labute approximate surface area is 152 Å². The fraction of sp³-hybridized carbons (Fsp3) is 0.278. The summed E-state index contributed by atoms with van der Waals surface area (Å²) >= 11 is 0. The molecule has 0 saturated carbocycles. The SMILES string of the molecule is Cc1cc2ncn(CCCOc3cccc([N+](=O)[O-])c3)c2cc1C.Cl. The highest BCUT2D eigenvalue weighted by Gasteiger charge is 2.07. The van der Waals surface area contributed by atoms with Crippen LogP contribution in [0.5, 0.6) is 5.75 Å². The Balaban J connectivity index is 0.00000225. The lowest BCUT2D eigenvalue weighted by molar-refractivity contribution is -0.384. The predicted molar refractivity (Wildman–Crippen MR) is 99.7 cm³/mol. The second-order valence-electron chi connectivity index (χ2n) is 5.82. The molecule has 0 aliphatic rings. The van der Waals surface area contributed by atoms with Gasteiger partial charge in [0.1, 0.15) is 5.75 Å². The predicted octanol–water partition coefficient (Wildman–Crippen LogP) is 4.45. The van der Waals surface area contributed by atoms with Crippen LogP contribution in [-0.4, -0.2) is 21.1 Å². The van der Waals surface area contributed by atoms with Gasteiger partial charge >= 0.3 is 0 Å². The summed E-state index contributed by atoms with van der Waals surface area (Å²) in [5.74, 6) is 0.520. The third-order valence-electron chi connectivity index (χ3n) is 4.08. The van der Waals surface area contributed by atoms with E-state index < -0.39 is 4.92 Å². The summed E-state index contributed by atoms with van der Waals surface area (Å²) in [5, 5.41) is 10.8. The number of fused-ring (bicyclic) bond motifs is 1. The second kappa shape index (κ2) is 7.98. The van der Waals surface area contributed by atoms with Crippen LogP contribution in [0.4, 0.5) is 5.69 Å². The van der Waals surface area contributed by atoms with Crippen molar-refractivity contribution in [1.29, 1.82) is 0 Å². The number of hydrogen-bond donors (Lipinski definition) is 0. The highest BCUT2D eigenvalue weighted by atomic mass is 35.5. The number of nitro benzene ring substituents is 1. The van der Waals surface area contributed by atoms with Crippen LogP contribution in [0.2, 0.25) is 0 Å². The third-order valence-corrected chi connectivity index (χ3v) is 4.08. The van der Waals surface area contributed by atoms with E-state index in [0.29, 0.717) is 12.4 Å². The zero-order valence-corrected chi connectivity index (χ0v) is 15.0. The quantitative estimate of drug-likeness (QED) is 0.369. The zero-order chi connectivity index (χ0) is 17.1. The molecule has 0 amide bonds. The lowest BCUT2D eigenvalue weighted by atomic mass is 10.1. The van der Waals surface area contributed by atoms with Gasteiger partial charge in [0.15, 0.2) is 0 Å². The van der Waals surface area contributed by atoms with Gasteiger partial charge in [0.25, 0.3) is 5.69 Å². The molecular weight excluding hydrogens is 342 g/mol. The highest BCUT2D eigenvalue weighted by molar-refractivity contribution is 5.85. The topological polar surface area (TPSA) is 70.2 Å². The van der Waals surface area contributed by atoms with E-state index >= 15 is 0 Å². The summed E-state index contributed by atoms with van der Waals surface area (Å²) in [6.45, 7) is 5.46. The number of ether oxygens (including phenoxy) is 1. The number of aromatic nitrogens is 2. The Bertz CT molecular complexity index is 892. The Morgan fingerprint density at radius 2 is 1.96 bits per heavy atom. The number of hydrogen-bond acceptors (Lipinski definition) is 4. The molecule has 0 atom stereocenters. The van der Waals surface area contributed by atoms with Crippen LogP contribution in [0.3, 0.4) is 0 Å². The summed E-state index contributed by atoms with van der Waals surface area (Å²) in [7, 11) is 0. The van der Waals surface area contributed by atoms with Crippen LogP contribution in [0.1, 0.15) is 17.5 Å². The van der Waals surface area contributed by atoms with Gasteiger partial charge in [-0.25, -0.2) is 4.98 Å². The van der Waals surface area contributed by atoms with Crippen LogP contribution in [0.25, 0.3) is 11.0 Å². The number of imidazole rings is 1. The van der Waals surface area contributed by atoms with Gasteiger partial charge in [-0.15, -0.1) is 12.4 Å². The molecule has 0 bridgehead atoms. The Hall–Kier alpha value is -2.60. The molecule has 0 aliphatic heterocycles. The van der Waals surface area contributed by atoms with Crippen molar-refractivity contribution in [2.24, 2.45) is 0 Å². The Kier molecular flexibility index (Phi) is 5.98. The average Bonchev–Trinajstić information content (AvgIpc) is 2.94. The van der Waals surface area contributed by atoms with Gasteiger partial charge in [0.05, 0.1) is 35.0 Å². The molecule has 0 saturated heterocycles. The average molecular weight is 362 g/mol. The number of aryl methyl sites for hydroxylation is 3. The molecule has 0 spiro atoms. The Morgan fingerprint density at radius 1 is 1.20 bits per heavy atom. The highest BCUT2D eigenvalue weighted by Crippen LogP contribution is 2.20. The first-order valence-electron chi connectivity index (χ1n) is 7.84. The van der Waals surface area contributed by atoms with Crippen molar-refractivity contribution in [3.05, 3.63) is 64.0 Å². The van der Waals surface area contributed by atoms with Crippen molar-refractivity contribution in [1.82, 2.24) is 9.55 Å². The summed E-state index contributed by atoms with van der Waals surface area (Å²) < 4.78 is 7.72.